The van der Waals surface area contributed by atoms with Gasteiger partial charge in [0.2, 0.25) is 0 Å². The smallest absolute Gasteiger partial charge is 0.123 e. The number of pyridine rings is 1. The zero-order valence-corrected chi connectivity index (χ0v) is 6.87. The Bertz CT molecular complexity index is 398. The number of hydrogen-bond donors (Lipinski definition) is 0. The van der Waals surface area contributed by atoms with E-state index in [-0.39, 0.29) is 5.82 Å². The van der Waals surface area contributed by atoms with Gasteiger partial charge >= 0.3 is 0 Å². The van der Waals surface area contributed by atoms with Crippen LogP contribution in [0.2, 0.25) is 0 Å². The molecule has 13 heavy (non-hydrogen) atoms. The third-order valence-electron chi connectivity index (χ3n) is 1.70. The number of rotatable bonds is 1. The molecule has 63 valence electrons. The summed E-state index contributed by atoms with van der Waals surface area (Å²) in [4.78, 5) is 4.09. The van der Waals surface area contributed by atoms with Gasteiger partial charge in [-0.25, -0.2) is 4.39 Å². The molecule has 0 N–H and O–H groups in total. The van der Waals surface area contributed by atoms with E-state index in [4.69, 9.17) is 0 Å². The molecule has 1 heterocycles. The summed E-state index contributed by atoms with van der Waals surface area (Å²) in [6, 6.07) is 12.8. The highest BCUT2D eigenvalue weighted by atomic mass is 19.1. The van der Waals surface area contributed by atoms with Gasteiger partial charge in [-0.2, -0.15) is 0 Å². The average molecular weight is 172 g/mol. The van der Waals surface area contributed by atoms with Crippen LogP contribution in [-0.4, -0.2) is 4.98 Å². The van der Waals surface area contributed by atoms with Gasteiger partial charge in [-0.15, -0.1) is 0 Å². The van der Waals surface area contributed by atoms with Crippen LogP contribution in [0.4, 0.5) is 4.39 Å². The van der Waals surface area contributed by atoms with Crippen molar-refractivity contribution in [3.8, 4) is 11.3 Å². The van der Waals surface area contributed by atoms with E-state index >= 15 is 0 Å². The predicted molar refractivity (Wildman–Crippen MR) is 48.5 cm³/mol. The molecule has 1 nitrogen and oxygen atoms in total. The summed E-state index contributed by atoms with van der Waals surface area (Å²) >= 11 is 0. The standard InChI is InChI=1S/C11H7FN/c12-10-5-3-4-9(8-10)11-6-1-2-7-13-11/h1-3,5-8H. The van der Waals surface area contributed by atoms with Gasteiger partial charge in [-0.05, 0) is 30.3 Å². The van der Waals surface area contributed by atoms with Gasteiger partial charge in [-0.3, -0.25) is 4.98 Å². The van der Waals surface area contributed by atoms with Crippen LogP contribution in [0.25, 0.3) is 11.3 Å². The molecule has 0 aliphatic rings. The van der Waals surface area contributed by atoms with Gasteiger partial charge in [0.1, 0.15) is 5.82 Å². The van der Waals surface area contributed by atoms with E-state index < -0.39 is 0 Å². The Kier molecular flexibility index (Phi) is 2.04. The van der Waals surface area contributed by atoms with Crippen molar-refractivity contribution in [1.82, 2.24) is 4.98 Å². The van der Waals surface area contributed by atoms with Crippen molar-refractivity contribution in [2.24, 2.45) is 0 Å². The normalized spacial score (nSPS) is 9.92. The van der Waals surface area contributed by atoms with E-state index in [2.05, 4.69) is 11.1 Å². The maximum Gasteiger partial charge on any atom is 0.123 e. The zero-order chi connectivity index (χ0) is 9.10. The summed E-state index contributed by atoms with van der Waals surface area (Å²) in [5.74, 6) is -0.264. The molecule has 0 bridgehead atoms. The van der Waals surface area contributed by atoms with Crippen LogP contribution >= 0.6 is 0 Å². The summed E-state index contributed by atoms with van der Waals surface area (Å²) in [5.41, 5.74) is 1.42. The van der Waals surface area contributed by atoms with Crippen molar-refractivity contribution >= 4 is 0 Å². The molecule has 2 heteroatoms. The van der Waals surface area contributed by atoms with Crippen molar-refractivity contribution in [2.75, 3.05) is 0 Å². The summed E-state index contributed by atoms with van der Waals surface area (Å²) in [7, 11) is 0. The third-order valence-corrected chi connectivity index (χ3v) is 1.70. The zero-order valence-electron chi connectivity index (χ0n) is 6.87. The van der Waals surface area contributed by atoms with Crippen molar-refractivity contribution in [2.45, 2.75) is 0 Å². The topological polar surface area (TPSA) is 12.9 Å². The van der Waals surface area contributed by atoms with E-state index in [0.717, 1.165) is 5.69 Å². The third kappa shape index (κ3) is 1.72. The lowest BCUT2D eigenvalue weighted by Gasteiger charge is -1.98. The molecule has 0 aliphatic heterocycles. The second-order valence-electron chi connectivity index (χ2n) is 2.64. The van der Waals surface area contributed by atoms with Gasteiger partial charge in [0, 0.05) is 11.8 Å². The first-order chi connectivity index (χ1) is 6.36. The van der Waals surface area contributed by atoms with E-state index in [1.54, 1.807) is 12.3 Å². The SMILES string of the molecule is Fc1cc[c]c(-c2ccccn2)c1. The minimum atomic E-state index is -0.264. The molecule has 0 fully saturated rings. The maximum absolute atomic E-state index is 12.8. The molecule has 0 saturated carbocycles. The van der Waals surface area contributed by atoms with E-state index in [1.807, 2.05) is 18.2 Å². The summed E-state index contributed by atoms with van der Waals surface area (Å²) < 4.78 is 12.8. The molecule has 1 aromatic heterocycles. The molecule has 0 atom stereocenters. The average Bonchev–Trinajstić information content (AvgIpc) is 2.19. The predicted octanol–water partition coefficient (Wildman–Crippen LogP) is 2.69. The Morgan fingerprint density at radius 3 is 2.85 bits per heavy atom. The Morgan fingerprint density at radius 1 is 1.23 bits per heavy atom. The van der Waals surface area contributed by atoms with Crippen LogP contribution in [0.5, 0.6) is 0 Å². The largest absolute Gasteiger partial charge is 0.256 e. The number of benzene rings is 1. The fourth-order valence-electron chi connectivity index (χ4n) is 1.11. The molecule has 0 saturated heterocycles. The van der Waals surface area contributed by atoms with Gasteiger partial charge < -0.3 is 0 Å². The molecule has 1 radical (unpaired) electrons. The van der Waals surface area contributed by atoms with E-state index in [1.165, 1.54) is 12.1 Å². The van der Waals surface area contributed by atoms with E-state index in [0.29, 0.717) is 5.56 Å². The molecule has 1 aromatic carbocycles. The fraction of sp³-hybridized carbons (Fsp3) is 0. The summed E-state index contributed by atoms with van der Waals surface area (Å²) in [5, 5.41) is 0. The fourth-order valence-corrected chi connectivity index (χ4v) is 1.11. The lowest BCUT2D eigenvalue weighted by molar-refractivity contribution is 0.628. The highest BCUT2D eigenvalue weighted by Crippen LogP contribution is 2.15. The second kappa shape index (κ2) is 3.35. The minimum absolute atomic E-state index is 0.264. The summed E-state index contributed by atoms with van der Waals surface area (Å²) in [6.45, 7) is 0. The van der Waals surface area contributed by atoms with Gasteiger partial charge in [0.05, 0.1) is 5.69 Å². The number of aromatic nitrogens is 1. The molecule has 0 aliphatic carbocycles. The molecular weight excluding hydrogens is 165 g/mol. The first-order valence-electron chi connectivity index (χ1n) is 3.95. The highest BCUT2D eigenvalue weighted by Gasteiger charge is 1.98. The second-order valence-corrected chi connectivity index (χ2v) is 2.64. The van der Waals surface area contributed by atoms with Crippen molar-refractivity contribution < 1.29 is 4.39 Å². The van der Waals surface area contributed by atoms with Crippen LogP contribution in [0.15, 0.2) is 42.6 Å². The van der Waals surface area contributed by atoms with Gasteiger partial charge in [-0.1, -0.05) is 12.1 Å². The Morgan fingerprint density at radius 2 is 2.15 bits per heavy atom. The van der Waals surface area contributed by atoms with Gasteiger partial charge in [0.25, 0.3) is 0 Å². The number of hydrogen-bond acceptors (Lipinski definition) is 1. The van der Waals surface area contributed by atoms with Crippen molar-refractivity contribution in [3.63, 3.8) is 0 Å². The molecule has 2 rings (SSSR count). The molecule has 0 unspecified atom stereocenters. The number of nitrogens with zero attached hydrogens (tertiary/aromatic N) is 1. The first-order valence-corrected chi connectivity index (χ1v) is 3.95. The van der Waals surface area contributed by atoms with E-state index in [9.17, 15) is 4.39 Å². The van der Waals surface area contributed by atoms with Crippen molar-refractivity contribution in [1.29, 1.82) is 0 Å². The van der Waals surface area contributed by atoms with Crippen molar-refractivity contribution in [3.05, 3.63) is 54.5 Å². The van der Waals surface area contributed by atoms with Crippen LogP contribution in [-0.2, 0) is 0 Å². The lowest BCUT2D eigenvalue weighted by atomic mass is 10.1. The maximum atomic E-state index is 12.8. The summed E-state index contributed by atoms with van der Waals surface area (Å²) in [6.07, 6.45) is 1.67. The van der Waals surface area contributed by atoms with Crippen LogP contribution in [0, 0.1) is 11.9 Å². The van der Waals surface area contributed by atoms with Crippen LogP contribution < -0.4 is 0 Å². The molecule has 2 aromatic rings. The molecule has 0 spiro atoms. The quantitative estimate of drug-likeness (QED) is 0.644. The Hall–Kier alpha value is -1.70. The lowest BCUT2D eigenvalue weighted by Crippen LogP contribution is -1.82. The van der Waals surface area contributed by atoms with Crippen LogP contribution in [0.3, 0.4) is 0 Å². The Labute approximate surface area is 75.9 Å². The first kappa shape index (κ1) is 7.92. The highest BCUT2D eigenvalue weighted by molar-refractivity contribution is 5.57. The van der Waals surface area contributed by atoms with Crippen LogP contribution in [0.1, 0.15) is 0 Å². The molecular formula is C11H7FN. The Balaban J connectivity index is 2.48. The molecule has 0 amide bonds. The number of halogens is 1. The minimum Gasteiger partial charge on any atom is -0.256 e. The van der Waals surface area contributed by atoms with Gasteiger partial charge in [0.15, 0.2) is 0 Å². The monoisotopic (exact) mass is 172 g/mol.